The van der Waals surface area contributed by atoms with Gasteiger partial charge in [-0.3, -0.25) is 4.98 Å². The van der Waals surface area contributed by atoms with Crippen LogP contribution in [0.15, 0.2) is 85.2 Å². The Labute approximate surface area is 163 Å². The van der Waals surface area contributed by atoms with E-state index < -0.39 is 16.4 Å². The molecule has 130 valence electrons. The van der Waals surface area contributed by atoms with E-state index in [1.165, 1.54) is 0 Å². The molecule has 1 aromatic heterocycles. The maximum absolute atomic E-state index is 11.6. The molecule has 3 rings (SSSR count). The molecular weight excluding hydrogens is 365 g/mol. The van der Waals surface area contributed by atoms with Crippen molar-refractivity contribution >= 4 is 23.2 Å². The Morgan fingerprint density at radius 3 is 2.12 bits per heavy atom. The van der Waals surface area contributed by atoms with Gasteiger partial charge in [-0.15, -0.1) is 23.2 Å². The van der Waals surface area contributed by atoms with Gasteiger partial charge in [-0.2, -0.15) is 0 Å². The number of hydrogen-bond acceptors (Lipinski definition) is 2. The molecule has 2 nitrogen and oxygen atoms in total. The van der Waals surface area contributed by atoms with Gasteiger partial charge in [0.1, 0.15) is 4.84 Å². The molecule has 0 aliphatic heterocycles. The second-order valence-electron chi connectivity index (χ2n) is 5.85. The van der Waals surface area contributed by atoms with Crippen LogP contribution in [0.25, 0.3) is 0 Å². The highest BCUT2D eigenvalue weighted by Crippen LogP contribution is 2.42. The van der Waals surface area contributed by atoms with Crippen LogP contribution in [0.3, 0.4) is 0 Å². The van der Waals surface area contributed by atoms with Crippen LogP contribution in [0, 0.1) is 11.8 Å². The smallest absolute Gasteiger partial charge is 0.162 e. The van der Waals surface area contributed by atoms with Gasteiger partial charge >= 0.3 is 0 Å². The summed E-state index contributed by atoms with van der Waals surface area (Å²) in [7, 11) is 0. The van der Waals surface area contributed by atoms with E-state index in [0.29, 0.717) is 5.56 Å². The zero-order valence-corrected chi connectivity index (χ0v) is 15.4. The normalized spacial score (nSPS) is 14.2. The third-order valence-electron chi connectivity index (χ3n) is 4.13. The maximum Gasteiger partial charge on any atom is 0.162 e. The summed E-state index contributed by atoms with van der Waals surface area (Å²) in [6.45, 7) is 0. The van der Waals surface area contributed by atoms with Crippen LogP contribution in [-0.2, 0) is 5.60 Å². The fourth-order valence-corrected chi connectivity index (χ4v) is 3.49. The lowest BCUT2D eigenvalue weighted by molar-refractivity contribution is 0.0722. The molecule has 2 aromatic carbocycles. The highest BCUT2D eigenvalue weighted by molar-refractivity contribution is 6.44. The van der Waals surface area contributed by atoms with Crippen LogP contribution < -0.4 is 0 Å². The van der Waals surface area contributed by atoms with E-state index in [0.717, 1.165) is 11.1 Å². The minimum atomic E-state index is -1.60. The monoisotopic (exact) mass is 381 g/mol. The molecule has 26 heavy (non-hydrogen) atoms. The summed E-state index contributed by atoms with van der Waals surface area (Å²) in [6, 6.07) is 22.4. The summed E-state index contributed by atoms with van der Waals surface area (Å²) in [5.41, 5.74) is 0.543. The Hall–Kier alpha value is -2.31. The van der Waals surface area contributed by atoms with Gasteiger partial charge in [0.15, 0.2) is 5.60 Å². The minimum Gasteiger partial charge on any atom is -0.373 e. The van der Waals surface area contributed by atoms with Crippen molar-refractivity contribution < 1.29 is 5.11 Å². The first-order valence-corrected chi connectivity index (χ1v) is 9.03. The second-order valence-corrected chi connectivity index (χ2v) is 7.01. The van der Waals surface area contributed by atoms with Crippen LogP contribution in [0.4, 0.5) is 0 Å². The predicted octanol–water partition coefficient (Wildman–Crippen LogP) is 4.91. The van der Waals surface area contributed by atoms with Crippen molar-refractivity contribution in [3.8, 4) is 11.8 Å². The Balaban J connectivity index is 2.15. The van der Waals surface area contributed by atoms with Crippen LogP contribution in [-0.4, -0.2) is 14.9 Å². The van der Waals surface area contributed by atoms with Crippen molar-refractivity contribution in [3.05, 3.63) is 102 Å². The lowest BCUT2D eigenvalue weighted by Gasteiger charge is -2.33. The predicted molar refractivity (Wildman–Crippen MR) is 106 cm³/mol. The molecule has 2 atom stereocenters. The van der Waals surface area contributed by atoms with E-state index in [-0.39, 0.29) is 0 Å². The molecule has 0 amide bonds. The van der Waals surface area contributed by atoms with Crippen LogP contribution in [0.2, 0.25) is 0 Å². The molecule has 0 saturated heterocycles. The van der Waals surface area contributed by atoms with Crippen LogP contribution in [0.5, 0.6) is 0 Å². The molecule has 2 unspecified atom stereocenters. The second kappa shape index (κ2) is 8.38. The molecule has 1 heterocycles. The van der Waals surface area contributed by atoms with Crippen molar-refractivity contribution in [2.24, 2.45) is 0 Å². The summed E-state index contributed by atoms with van der Waals surface area (Å²) >= 11 is 12.6. The fourth-order valence-electron chi connectivity index (χ4n) is 2.84. The topological polar surface area (TPSA) is 33.1 Å². The summed E-state index contributed by atoms with van der Waals surface area (Å²) in [4.78, 5) is 3.26. The largest absolute Gasteiger partial charge is 0.373 e. The molecule has 0 aliphatic rings. The van der Waals surface area contributed by atoms with Crippen molar-refractivity contribution in [1.29, 1.82) is 0 Å². The number of aromatic nitrogens is 1. The fraction of sp³-hybridized carbons (Fsp3) is 0.136. The average molecular weight is 382 g/mol. The first-order valence-electron chi connectivity index (χ1n) is 8.15. The molecule has 0 fully saturated rings. The molecule has 0 saturated carbocycles. The zero-order chi connectivity index (χ0) is 18.4. The maximum atomic E-state index is 11.6. The Morgan fingerprint density at radius 2 is 1.54 bits per heavy atom. The molecular formula is C22H17Cl2NO. The van der Waals surface area contributed by atoms with E-state index in [1.54, 1.807) is 24.5 Å². The first-order chi connectivity index (χ1) is 12.6. The molecule has 0 spiro atoms. The summed E-state index contributed by atoms with van der Waals surface area (Å²) in [6.07, 6.45) is 3.23. The summed E-state index contributed by atoms with van der Waals surface area (Å²) in [5.74, 6) is 5.40. The van der Waals surface area contributed by atoms with E-state index >= 15 is 0 Å². The van der Waals surface area contributed by atoms with Crippen molar-refractivity contribution in [3.63, 3.8) is 0 Å². The van der Waals surface area contributed by atoms with Gasteiger partial charge in [0.25, 0.3) is 0 Å². The number of halogens is 2. The van der Waals surface area contributed by atoms with E-state index in [1.807, 2.05) is 60.7 Å². The van der Waals surface area contributed by atoms with Crippen molar-refractivity contribution in [2.75, 3.05) is 0 Å². The first kappa shape index (κ1) is 18.5. The molecule has 1 N–H and O–H groups in total. The Bertz CT molecular complexity index is 889. The van der Waals surface area contributed by atoms with E-state index in [2.05, 4.69) is 16.8 Å². The van der Waals surface area contributed by atoms with Crippen LogP contribution in [0.1, 0.15) is 22.6 Å². The van der Waals surface area contributed by atoms with Gasteiger partial charge in [0.2, 0.25) is 0 Å². The number of nitrogens with zero attached hydrogens (tertiary/aromatic N) is 1. The Morgan fingerprint density at radius 1 is 0.885 bits per heavy atom. The van der Waals surface area contributed by atoms with Crippen LogP contribution >= 0.6 is 23.2 Å². The van der Waals surface area contributed by atoms with Gasteiger partial charge in [-0.1, -0.05) is 66.4 Å². The number of hydrogen-bond donors (Lipinski definition) is 1. The minimum absolute atomic E-state index is 0.545. The quantitative estimate of drug-likeness (QED) is 0.514. The van der Waals surface area contributed by atoms with Gasteiger partial charge in [0, 0.05) is 23.5 Å². The van der Waals surface area contributed by atoms with Gasteiger partial charge in [0.05, 0.1) is 5.92 Å². The lowest BCUT2D eigenvalue weighted by atomic mass is 9.79. The number of alkyl halides is 2. The summed E-state index contributed by atoms with van der Waals surface area (Å²) < 4.78 is 0. The van der Waals surface area contributed by atoms with E-state index in [4.69, 9.17) is 23.2 Å². The van der Waals surface area contributed by atoms with Gasteiger partial charge < -0.3 is 5.11 Å². The zero-order valence-electron chi connectivity index (χ0n) is 13.9. The summed E-state index contributed by atoms with van der Waals surface area (Å²) in [5, 5.41) is 11.6. The SMILES string of the molecule is OC(C#Cc1ccccc1)(c1cccnc1)C(c1ccccc1)C(Cl)Cl. The van der Waals surface area contributed by atoms with Crippen molar-refractivity contribution in [2.45, 2.75) is 16.4 Å². The van der Waals surface area contributed by atoms with Crippen molar-refractivity contribution in [1.82, 2.24) is 4.98 Å². The lowest BCUT2D eigenvalue weighted by Crippen LogP contribution is -2.36. The third-order valence-corrected chi connectivity index (χ3v) is 4.64. The van der Waals surface area contributed by atoms with Gasteiger partial charge in [-0.25, -0.2) is 0 Å². The number of pyridine rings is 1. The number of aliphatic hydroxyl groups is 1. The molecule has 3 aromatic rings. The third kappa shape index (κ3) is 4.08. The molecule has 0 bridgehead atoms. The number of rotatable bonds is 4. The molecule has 0 aliphatic carbocycles. The average Bonchev–Trinajstić information content (AvgIpc) is 2.68. The standard InChI is InChI=1S/C22H17Cl2NO/c23-21(24)20(18-10-5-2-6-11-18)22(26,19-12-7-15-25-16-19)14-13-17-8-3-1-4-9-17/h1-12,15-16,20-21,26H. The molecule has 4 heteroatoms. The Kier molecular flexibility index (Phi) is 5.96. The number of benzene rings is 2. The van der Waals surface area contributed by atoms with Gasteiger partial charge in [-0.05, 0) is 23.8 Å². The highest BCUT2D eigenvalue weighted by atomic mass is 35.5. The molecule has 0 radical (unpaired) electrons. The van der Waals surface area contributed by atoms with E-state index in [9.17, 15) is 5.11 Å². The highest BCUT2D eigenvalue weighted by Gasteiger charge is 2.42.